The molecule has 0 aliphatic carbocycles. The van der Waals surface area contributed by atoms with Crippen molar-refractivity contribution in [3.05, 3.63) is 60.8 Å². The van der Waals surface area contributed by atoms with Gasteiger partial charge in [0.2, 0.25) is 0 Å². The van der Waals surface area contributed by atoms with Crippen molar-refractivity contribution in [3.63, 3.8) is 0 Å². The lowest BCUT2D eigenvalue weighted by molar-refractivity contribution is -0.305. The molecular weight excluding hydrogens is 700 g/mol. The molecule has 10 nitrogen and oxygen atoms in total. The third kappa shape index (κ3) is 27.6. The summed E-state index contributed by atoms with van der Waals surface area (Å²) in [7, 11) is 0. The quantitative estimate of drug-likeness (QED) is 0.0216. The smallest absolute Gasteiger partial charge is 0.306 e. The van der Waals surface area contributed by atoms with Gasteiger partial charge in [-0.15, -0.1) is 0 Å². The first kappa shape index (κ1) is 50.4. The van der Waals surface area contributed by atoms with E-state index in [-0.39, 0.29) is 26.1 Å². The SMILES string of the molecule is CC/C=C/C=C/C=C/C=C/CCCCCCCC(=O)O[C@@H](COC(=O)CC/C=C/CCCCCCCCCCCCC)CO[C@H]1O[C@@H](CO)[C@@H](O)C(O)C1O. The highest BCUT2D eigenvalue weighted by Crippen LogP contribution is 2.22. The van der Waals surface area contributed by atoms with Crippen LogP contribution in [0, 0.1) is 0 Å². The summed E-state index contributed by atoms with van der Waals surface area (Å²) in [6.07, 6.45) is 35.2. The van der Waals surface area contributed by atoms with Gasteiger partial charge < -0.3 is 39.4 Å². The zero-order valence-electron chi connectivity index (χ0n) is 34.2. The summed E-state index contributed by atoms with van der Waals surface area (Å²) >= 11 is 0. The van der Waals surface area contributed by atoms with E-state index in [1.165, 1.54) is 64.2 Å². The van der Waals surface area contributed by atoms with Gasteiger partial charge in [0.25, 0.3) is 0 Å². The molecule has 0 bridgehead atoms. The first-order valence-corrected chi connectivity index (χ1v) is 21.4. The number of carbonyl (C=O) groups excluding carboxylic acids is 2. The van der Waals surface area contributed by atoms with Crippen LogP contribution in [0.1, 0.15) is 155 Å². The molecule has 0 aromatic heterocycles. The summed E-state index contributed by atoms with van der Waals surface area (Å²) in [5.74, 6) is -0.895. The van der Waals surface area contributed by atoms with Gasteiger partial charge in [0, 0.05) is 12.8 Å². The molecule has 0 aromatic carbocycles. The van der Waals surface area contributed by atoms with Gasteiger partial charge >= 0.3 is 11.9 Å². The van der Waals surface area contributed by atoms with E-state index in [4.69, 9.17) is 18.9 Å². The fourth-order valence-corrected chi connectivity index (χ4v) is 6.10. The van der Waals surface area contributed by atoms with Gasteiger partial charge in [-0.25, -0.2) is 0 Å². The maximum Gasteiger partial charge on any atom is 0.306 e. The Balaban J connectivity index is 2.40. The maximum atomic E-state index is 12.7. The van der Waals surface area contributed by atoms with E-state index in [0.717, 1.165) is 51.4 Å². The monoisotopic (exact) mass is 777 g/mol. The van der Waals surface area contributed by atoms with Crippen molar-refractivity contribution in [2.45, 2.75) is 192 Å². The molecule has 2 unspecified atom stereocenters. The molecule has 4 N–H and O–H groups in total. The fourth-order valence-electron chi connectivity index (χ4n) is 6.10. The Morgan fingerprint density at radius 3 is 1.75 bits per heavy atom. The van der Waals surface area contributed by atoms with Gasteiger partial charge in [-0.2, -0.15) is 0 Å². The number of allylic oxidation sites excluding steroid dienone is 10. The Morgan fingerprint density at radius 2 is 1.13 bits per heavy atom. The minimum atomic E-state index is -1.61. The van der Waals surface area contributed by atoms with Crippen LogP contribution in [0.4, 0.5) is 0 Å². The van der Waals surface area contributed by atoms with Gasteiger partial charge in [-0.3, -0.25) is 9.59 Å². The molecule has 0 amide bonds. The number of aliphatic hydroxyl groups excluding tert-OH is 4. The predicted molar refractivity (Wildman–Crippen MR) is 219 cm³/mol. The second kappa shape index (κ2) is 35.8. The number of unbranched alkanes of at least 4 members (excludes halogenated alkanes) is 16. The molecule has 1 saturated heterocycles. The van der Waals surface area contributed by atoms with Crippen LogP contribution in [0.15, 0.2) is 60.8 Å². The van der Waals surface area contributed by atoms with Gasteiger partial charge in [-0.05, 0) is 44.9 Å². The molecule has 10 heteroatoms. The summed E-state index contributed by atoms with van der Waals surface area (Å²) in [4.78, 5) is 25.2. The van der Waals surface area contributed by atoms with Crippen LogP contribution in [-0.4, -0.2) is 89.0 Å². The Kier molecular flexibility index (Phi) is 32.8. The van der Waals surface area contributed by atoms with Crippen molar-refractivity contribution in [1.29, 1.82) is 0 Å². The molecule has 0 saturated carbocycles. The molecule has 1 heterocycles. The van der Waals surface area contributed by atoms with E-state index < -0.39 is 55.4 Å². The Labute approximate surface area is 332 Å². The molecule has 316 valence electrons. The van der Waals surface area contributed by atoms with Gasteiger partial charge in [0.15, 0.2) is 12.4 Å². The van der Waals surface area contributed by atoms with Crippen LogP contribution in [-0.2, 0) is 28.5 Å². The van der Waals surface area contributed by atoms with Crippen LogP contribution in [0.2, 0.25) is 0 Å². The highest BCUT2D eigenvalue weighted by molar-refractivity contribution is 5.70. The summed E-state index contributed by atoms with van der Waals surface area (Å²) in [5.41, 5.74) is 0. The Hall–Kier alpha value is -2.60. The van der Waals surface area contributed by atoms with Gasteiger partial charge in [0.05, 0.1) is 13.2 Å². The van der Waals surface area contributed by atoms with Crippen molar-refractivity contribution in [1.82, 2.24) is 0 Å². The van der Waals surface area contributed by atoms with Gasteiger partial charge in [0.1, 0.15) is 31.0 Å². The standard InChI is InChI=1S/C45H76O10/c1-3-5-7-9-11-13-15-17-19-21-23-25-27-29-31-33-40(47)52-36-38(37-53-45-44(51)43(50)42(49)39(35-46)55-45)54-41(48)34-32-30-28-26-24-22-20-18-16-14-12-10-8-6-4-2/h6,8,10,12,14,16,18,20,27,29,38-39,42-46,49-51H,3-5,7,9,11,13,15,17,19,21-26,28,30-37H2,1-2H3/b8-6+,12-10+,16-14+,20-18+,29-27+/t38-,39-,42+,43?,44?,45-/m0/s1. The number of esters is 2. The lowest BCUT2D eigenvalue weighted by atomic mass is 9.99. The lowest BCUT2D eigenvalue weighted by Gasteiger charge is -2.39. The molecule has 0 spiro atoms. The van der Waals surface area contributed by atoms with Crippen LogP contribution in [0.3, 0.4) is 0 Å². The van der Waals surface area contributed by atoms with Crippen molar-refractivity contribution in [3.8, 4) is 0 Å². The molecule has 1 rings (SSSR count). The van der Waals surface area contributed by atoms with E-state index in [0.29, 0.717) is 12.8 Å². The Bertz CT molecular complexity index is 1080. The second-order valence-electron chi connectivity index (χ2n) is 14.5. The molecule has 1 fully saturated rings. The summed E-state index contributed by atoms with van der Waals surface area (Å²) in [6, 6.07) is 0. The molecular formula is C45H76O10. The van der Waals surface area contributed by atoms with Crippen molar-refractivity contribution < 1.29 is 49.0 Å². The van der Waals surface area contributed by atoms with Crippen molar-refractivity contribution in [2.75, 3.05) is 19.8 Å². The zero-order valence-corrected chi connectivity index (χ0v) is 34.2. The summed E-state index contributed by atoms with van der Waals surface area (Å²) < 4.78 is 22.0. The van der Waals surface area contributed by atoms with Crippen LogP contribution >= 0.6 is 0 Å². The third-order valence-electron chi connectivity index (χ3n) is 9.49. The maximum absolute atomic E-state index is 12.7. The minimum absolute atomic E-state index is 0.184. The lowest BCUT2D eigenvalue weighted by Crippen LogP contribution is -2.59. The third-order valence-corrected chi connectivity index (χ3v) is 9.49. The molecule has 0 aromatic rings. The van der Waals surface area contributed by atoms with Crippen LogP contribution in [0.5, 0.6) is 0 Å². The Morgan fingerprint density at radius 1 is 0.582 bits per heavy atom. The van der Waals surface area contributed by atoms with Crippen molar-refractivity contribution in [2.24, 2.45) is 0 Å². The van der Waals surface area contributed by atoms with Gasteiger partial charge in [-0.1, -0.05) is 158 Å². The van der Waals surface area contributed by atoms with Crippen molar-refractivity contribution >= 4 is 11.9 Å². The summed E-state index contributed by atoms with van der Waals surface area (Å²) in [6.45, 7) is 3.21. The molecule has 55 heavy (non-hydrogen) atoms. The number of ether oxygens (including phenoxy) is 4. The van der Waals surface area contributed by atoms with E-state index in [1.54, 1.807) is 0 Å². The van der Waals surface area contributed by atoms with E-state index >= 15 is 0 Å². The number of carbonyl (C=O) groups is 2. The first-order chi connectivity index (χ1) is 26.8. The molecule has 0 radical (unpaired) electrons. The highest BCUT2D eigenvalue weighted by atomic mass is 16.7. The number of hydrogen-bond donors (Lipinski definition) is 4. The van der Waals surface area contributed by atoms with E-state index in [1.807, 2.05) is 36.5 Å². The first-order valence-electron chi connectivity index (χ1n) is 21.4. The van der Waals surface area contributed by atoms with Crippen LogP contribution in [0.25, 0.3) is 0 Å². The summed E-state index contributed by atoms with van der Waals surface area (Å²) in [5, 5.41) is 40.0. The molecule has 1 aliphatic rings. The highest BCUT2D eigenvalue weighted by Gasteiger charge is 2.44. The largest absolute Gasteiger partial charge is 0.462 e. The second-order valence-corrected chi connectivity index (χ2v) is 14.5. The number of aliphatic hydroxyl groups is 4. The predicted octanol–water partition coefficient (Wildman–Crippen LogP) is 8.66. The van der Waals surface area contributed by atoms with E-state index in [2.05, 4.69) is 38.2 Å². The topological polar surface area (TPSA) is 152 Å². The normalized spacial score (nSPS) is 21.2. The molecule has 6 atom stereocenters. The molecule has 1 aliphatic heterocycles. The average Bonchev–Trinajstić information content (AvgIpc) is 3.18. The fraction of sp³-hybridized carbons (Fsp3) is 0.733. The van der Waals surface area contributed by atoms with E-state index in [9.17, 15) is 30.0 Å². The number of rotatable bonds is 34. The zero-order chi connectivity index (χ0) is 40.2. The van der Waals surface area contributed by atoms with Crippen LogP contribution < -0.4 is 0 Å². The number of hydrogen-bond acceptors (Lipinski definition) is 10. The minimum Gasteiger partial charge on any atom is -0.462 e. The average molecular weight is 777 g/mol.